The molecule has 1 aliphatic heterocycles. The van der Waals surface area contributed by atoms with Gasteiger partial charge in [0.1, 0.15) is 0 Å². The zero-order valence-electron chi connectivity index (χ0n) is 16.9. The molecule has 0 atom stereocenters. The third-order valence-corrected chi connectivity index (χ3v) is 5.67. The maximum atomic E-state index is 12.9. The Morgan fingerprint density at radius 2 is 1.75 bits per heavy atom. The number of halogens is 1. The van der Waals surface area contributed by atoms with Gasteiger partial charge in [-0.05, 0) is 43.0 Å². The lowest BCUT2D eigenvalue weighted by atomic mass is 9.93. The number of amides is 3. The highest BCUT2D eigenvalue weighted by molar-refractivity contribution is 6.22. The average Bonchev–Trinajstić information content (AvgIpc) is 2.91. The Hall–Kier alpha value is -1.92. The first kappa shape index (κ1) is 22.4. The predicted octanol–water partition coefficient (Wildman–Crippen LogP) is 3.09. The summed E-state index contributed by atoms with van der Waals surface area (Å²) in [5.41, 5.74) is 6.76. The second-order valence-corrected chi connectivity index (χ2v) is 8.56. The molecule has 1 aromatic carbocycles. The molecule has 154 valence electrons. The van der Waals surface area contributed by atoms with Crippen LogP contribution in [0.3, 0.4) is 0 Å². The van der Waals surface area contributed by atoms with E-state index in [9.17, 15) is 14.4 Å². The summed E-state index contributed by atoms with van der Waals surface area (Å²) in [5.74, 6) is -0.657. The van der Waals surface area contributed by atoms with Crippen molar-refractivity contribution in [1.82, 2.24) is 9.80 Å². The van der Waals surface area contributed by atoms with Crippen molar-refractivity contribution in [2.45, 2.75) is 52.0 Å². The average molecular weight is 408 g/mol. The van der Waals surface area contributed by atoms with Crippen LogP contribution in [0.5, 0.6) is 0 Å². The van der Waals surface area contributed by atoms with Gasteiger partial charge in [-0.2, -0.15) is 0 Å². The monoisotopic (exact) mass is 407 g/mol. The molecule has 0 radical (unpaired) electrons. The molecule has 7 heteroatoms. The topological polar surface area (TPSA) is 83.7 Å². The van der Waals surface area contributed by atoms with Crippen molar-refractivity contribution in [2.75, 3.05) is 20.1 Å². The van der Waals surface area contributed by atoms with Crippen LogP contribution in [0.15, 0.2) is 18.2 Å². The van der Waals surface area contributed by atoms with E-state index in [0.717, 1.165) is 32.1 Å². The Morgan fingerprint density at radius 1 is 1.14 bits per heavy atom. The van der Waals surface area contributed by atoms with Gasteiger partial charge in [0.25, 0.3) is 17.7 Å². The van der Waals surface area contributed by atoms with Crippen LogP contribution in [0.2, 0.25) is 0 Å². The van der Waals surface area contributed by atoms with Crippen molar-refractivity contribution in [2.24, 2.45) is 11.1 Å². The largest absolute Gasteiger partial charge is 0.341 e. The molecule has 0 saturated heterocycles. The van der Waals surface area contributed by atoms with Gasteiger partial charge in [0.15, 0.2) is 0 Å². The molecule has 2 N–H and O–H groups in total. The number of carbonyl (C=O) groups is 3. The third-order valence-electron chi connectivity index (χ3n) is 5.67. The Balaban J connectivity index is 0.00000280. The van der Waals surface area contributed by atoms with E-state index in [0.29, 0.717) is 29.8 Å². The molecule has 0 spiro atoms. The number of fused-ring (bicyclic) bond motifs is 1. The fraction of sp³-hybridized carbons (Fsp3) is 0.571. The van der Waals surface area contributed by atoms with Crippen LogP contribution in [0.4, 0.5) is 0 Å². The van der Waals surface area contributed by atoms with E-state index < -0.39 is 0 Å². The smallest absolute Gasteiger partial charge is 0.261 e. The van der Waals surface area contributed by atoms with Gasteiger partial charge in [0.05, 0.1) is 11.1 Å². The molecule has 2 aliphatic rings. The molecule has 1 heterocycles. The van der Waals surface area contributed by atoms with Gasteiger partial charge < -0.3 is 10.6 Å². The number of hydrogen-bond acceptors (Lipinski definition) is 4. The van der Waals surface area contributed by atoms with Crippen molar-refractivity contribution in [3.05, 3.63) is 34.9 Å². The molecule has 0 bridgehead atoms. The molecule has 1 fully saturated rings. The van der Waals surface area contributed by atoms with Crippen LogP contribution < -0.4 is 5.73 Å². The van der Waals surface area contributed by atoms with Crippen molar-refractivity contribution in [3.63, 3.8) is 0 Å². The SMILES string of the molecule is CN(CC(C)(C)CN)C(=O)c1ccc2c(c1)C(=O)N(C1CCCCC1)C2=O.Cl. The third kappa shape index (κ3) is 4.23. The van der Waals surface area contributed by atoms with E-state index in [4.69, 9.17) is 5.73 Å². The van der Waals surface area contributed by atoms with Gasteiger partial charge in [0, 0.05) is 25.2 Å². The Bertz CT molecular complexity index is 772. The lowest BCUT2D eigenvalue weighted by molar-refractivity contribution is 0.0548. The molecular weight excluding hydrogens is 378 g/mol. The second kappa shape index (κ2) is 8.62. The summed E-state index contributed by atoms with van der Waals surface area (Å²) in [4.78, 5) is 41.5. The minimum absolute atomic E-state index is 0. The number of nitrogens with two attached hydrogens (primary N) is 1. The summed E-state index contributed by atoms with van der Waals surface area (Å²) in [7, 11) is 1.73. The zero-order chi connectivity index (χ0) is 19.8. The van der Waals surface area contributed by atoms with Crippen LogP contribution >= 0.6 is 12.4 Å². The molecular formula is C21H30ClN3O3. The van der Waals surface area contributed by atoms with E-state index in [1.165, 1.54) is 4.90 Å². The highest BCUT2D eigenvalue weighted by atomic mass is 35.5. The summed E-state index contributed by atoms with van der Waals surface area (Å²) in [5, 5.41) is 0. The molecule has 28 heavy (non-hydrogen) atoms. The standard InChI is InChI=1S/C21H29N3O3.ClH/c1-21(2,12-22)13-23(3)18(25)14-9-10-16-17(11-14)20(27)24(19(16)26)15-7-5-4-6-8-15;/h9-11,15H,4-8,12-13,22H2,1-3H3;1H. The van der Waals surface area contributed by atoms with E-state index in [1.807, 2.05) is 13.8 Å². The molecule has 3 rings (SSSR count). The highest BCUT2D eigenvalue weighted by Gasteiger charge is 2.40. The maximum absolute atomic E-state index is 12.9. The number of hydrogen-bond donors (Lipinski definition) is 1. The number of carbonyl (C=O) groups excluding carboxylic acids is 3. The molecule has 6 nitrogen and oxygen atoms in total. The first-order valence-electron chi connectivity index (χ1n) is 9.72. The normalized spacial score (nSPS) is 17.4. The highest BCUT2D eigenvalue weighted by Crippen LogP contribution is 2.31. The summed E-state index contributed by atoms with van der Waals surface area (Å²) >= 11 is 0. The molecule has 0 unspecified atom stereocenters. The summed E-state index contributed by atoms with van der Waals surface area (Å²) in [6, 6.07) is 4.82. The molecule has 1 saturated carbocycles. The van der Waals surface area contributed by atoms with Crippen molar-refractivity contribution in [1.29, 1.82) is 0 Å². The van der Waals surface area contributed by atoms with Gasteiger partial charge in [-0.15, -0.1) is 12.4 Å². The minimum atomic E-state index is -0.263. The summed E-state index contributed by atoms with van der Waals surface area (Å²) in [6.45, 7) is 4.99. The van der Waals surface area contributed by atoms with Crippen molar-refractivity contribution < 1.29 is 14.4 Å². The van der Waals surface area contributed by atoms with Crippen molar-refractivity contribution >= 4 is 30.1 Å². The van der Waals surface area contributed by atoms with Crippen LogP contribution in [0.1, 0.15) is 77.0 Å². The predicted molar refractivity (Wildman–Crippen MR) is 111 cm³/mol. The summed E-state index contributed by atoms with van der Waals surface area (Å²) in [6.07, 6.45) is 4.99. The van der Waals surface area contributed by atoms with E-state index in [2.05, 4.69) is 0 Å². The first-order valence-corrected chi connectivity index (χ1v) is 9.72. The quantitative estimate of drug-likeness (QED) is 0.760. The molecule has 1 aromatic rings. The molecule has 0 aromatic heterocycles. The van der Waals surface area contributed by atoms with Crippen LogP contribution in [-0.2, 0) is 0 Å². The lowest BCUT2D eigenvalue weighted by Gasteiger charge is -2.29. The summed E-state index contributed by atoms with van der Waals surface area (Å²) < 4.78 is 0. The number of nitrogens with zero attached hydrogens (tertiary/aromatic N) is 2. The van der Waals surface area contributed by atoms with E-state index in [-0.39, 0.29) is 41.6 Å². The molecule has 1 aliphatic carbocycles. The van der Waals surface area contributed by atoms with Gasteiger partial charge in [0.2, 0.25) is 0 Å². The van der Waals surface area contributed by atoms with E-state index in [1.54, 1.807) is 30.1 Å². The molecule has 3 amide bonds. The zero-order valence-corrected chi connectivity index (χ0v) is 17.7. The van der Waals surface area contributed by atoms with Gasteiger partial charge in [-0.3, -0.25) is 19.3 Å². The first-order chi connectivity index (χ1) is 12.7. The van der Waals surface area contributed by atoms with Crippen LogP contribution in [0.25, 0.3) is 0 Å². The minimum Gasteiger partial charge on any atom is -0.341 e. The Kier molecular flexibility index (Phi) is 6.88. The fourth-order valence-corrected chi connectivity index (χ4v) is 4.06. The number of benzene rings is 1. The Labute approximate surface area is 172 Å². The number of imide groups is 1. The fourth-order valence-electron chi connectivity index (χ4n) is 4.06. The van der Waals surface area contributed by atoms with E-state index >= 15 is 0 Å². The van der Waals surface area contributed by atoms with Gasteiger partial charge in [-0.25, -0.2) is 0 Å². The van der Waals surface area contributed by atoms with Crippen molar-refractivity contribution in [3.8, 4) is 0 Å². The van der Waals surface area contributed by atoms with Gasteiger partial charge in [-0.1, -0.05) is 33.1 Å². The van der Waals surface area contributed by atoms with Crippen LogP contribution in [-0.4, -0.2) is 53.7 Å². The lowest BCUT2D eigenvalue weighted by Crippen LogP contribution is -2.41. The van der Waals surface area contributed by atoms with Crippen LogP contribution in [0, 0.1) is 5.41 Å². The van der Waals surface area contributed by atoms with Gasteiger partial charge >= 0.3 is 0 Å². The second-order valence-electron chi connectivity index (χ2n) is 8.56. The maximum Gasteiger partial charge on any atom is 0.261 e. The number of rotatable bonds is 5. The Morgan fingerprint density at radius 3 is 2.36 bits per heavy atom.